The Balaban J connectivity index is 1.91. The highest BCUT2D eigenvalue weighted by atomic mass is 16.5. The van der Waals surface area contributed by atoms with E-state index in [4.69, 9.17) is 9.84 Å². The van der Waals surface area contributed by atoms with Gasteiger partial charge in [-0.25, -0.2) is 4.79 Å². The largest absolute Gasteiger partial charge is 0.482 e. The third-order valence-corrected chi connectivity index (χ3v) is 3.50. The van der Waals surface area contributed by atoms with Gasteiger partial charge in [0.15, 0.2) is 6.61 Å². The zero-order chi connectivity index (χ0) is 19.8. The number of carboxylic acids is 1. The number of hydrogen-bond acceptors (Lipinski definition) is 4. The average molecular weight is 370 g/mol. The van der Waals surface area contributed by atoms with Gasteiger partial charge in [0.25, 0.3) is 5.91 Å². The van der Waals surface area contributed by atoms with E-state index >= 15 is 0 Å². The second-order valence-corrected chi connectivity index (χ2v) is 6.38. The van der Waals surface area contributed by atoms with Gasteiger partial charge in [0.05, 0.1) is 0 Å². The quantitative estimate of drug-likeness (QED) is 0.661. The molecule has 7 nitrogen and oxygen atoms in total. The van der Waals surface area contributed by atoms with E-state index in [1.54, 1.807) is 48.5 Å². The number of carboxylic acid groups (broad SMARTS) is 1. The second kappa shape index (κ2) is 9.38. The molecule has 0 atom stereocenters. The summed E-state index contributed by atoms with van der Waals surface area (Å²) in [7, 11) is 0. The van der Waals surface area contributed by atoms with E-state index in [1.165, 1.54) is 0 Å². The van der Waals surface area contributed by atoms with Gasteiger partial charge in [-0.1, -0.05) is 13.8 Å². The van der Waals surface area contributed by atoms with Crippen molar-refractivity contribution in [2.75, 3.05) is 17.2 Å². The lowest BCUT2D eigenvalue weighted by Gasteiger charge is -2.09. The van der Waals surface area contributed by atoms with Gasteiger partial charge < -0.3 is 20.5 Å². The van der Waals surface area contributed by atoms with Crippen LogP contribution in [-0.4, -0.2) is 29.5 Å². The SMILES string of the molecule is CC(C)CC(=O)Nc1ccc(C(=O)Nc2ccc(OCC(=O)O)cc2)cc1. The van der Waals surface area contributed by atoms with Crippen LogP contribution in [0.2, 0.25) is 0 Å². The summed E-state index contributed by atoms with van der Waals surface area (Å²) in [4.78, 5) is 34.5. The summed E-state index contributed by atoms with van der Waals surface area (Å²) in [6.07, 6.45) is 0.439. The molecule has 0 aromatic heterocycles. The van der Waals surface area contributed by atoms with E-state index in [9.17, 15) is 14.4 Å². The summed E-state index contributed by atoms with van der Waals surface area (Å²) in [6.45, 7) is 3.52. The number of benzene rings is 2. The highest BCUT2D eigenvalue weighted by molar-refractivity contribution is 6.04. The molecule has 142 valence electrons. The van der Waals surface area contributed by atoms with Crippen LogP contribution in [0.25, 0.3) is 0 Å². The summed E-state index contributed by atoms with van der Waals surface area (Å²) >= 11 is 0. The van der Waals surface area contributed by atoms with Gasteiger partial charge in [-0.2, -0.15) is 0 Å². The third-order valence-electron chi connectivity index (χ3n) is 3.50. The number of aliphatic carboxylic acids is 1. The van der Waals surface area contributed by atoms with Gasteiger partial charge in [-0.15, -0.1) is 0 Å². The fourth-order valence-electron chi connectivity index (χ4n) is 2.27. The zero-order valence-corrected chi connectivity index (χ0v) is 15.2. The first-order chi connectivity index (χ1) is 12.8. The number of anilines is 2. The number of carbonyl (C=O) groups excluding carboxylic acids is 2. The Morgan fingerprint density at radius 1 is 0.926 bits per heavy atom. The van der Waals surface area contributed by atoms with Crippen LogP contribution in [0.4, 0.5) is 11.4 Å². The summed E-state index contributed by atoms with van der Waals surface area (Å²) in [6, 6.07) is 13.0. The zero-order valence-electron chi connectivity index (χ0n) is 15.2. The van der Waals surface area contributed by atoms with Gasteiger partial charge >= 0.3 is 5.97 Å². The van der Waals surface area contributed by atoms with E-state index < -0.39 is 12.6 Å². The first kappa shape index (κ1) is 20.0. The van der Waals surface area contributed by atoms with Crippen molar-refractivity contribution in [1.29, 1.82) is 0 Å². The molecular weight excluding hydrogens is 348 g/mol. The number of rotatable bonds is 8. The molecule has 27 heavy (non-hydrogen) atoms. The van der Waals surface area contributed by atoms with Crippen molar-refractivity contribution in [3.63, 3.8) is 0 Å². The van der Waals surface area contributed by atoms with Crippen molar-refractivity contribution in [3.05, 3.63) is 54.1 Å². The smallest absolute Gasteiger partial charge is 0.341 e. The Bertz CT molecular complexity index is 798. The normalized spacial score (nSPS) is 10.3. The molecule has 0 aliphatic carbocycles. The number of ether oxygens (including phenoxy) is 1. The van der Waals surface area contributed by atoms with Crippen LogP contribution in [0.5, 0.6) is 5.75 Å². The van der Waals surface area contributed by atoms with Crippen molar-refractivity contribution >= 4 is 29.2 Å². The maximum Gasteiger partial charge on any atom is 0.341 e. The molecule has 2 amide bonds. The minimum atomic E-state index is -1.06. The fourth-order valence-corrected chi connectivity index (χ4v) is 2.27. The van der Waals surface area contributed by atoms with Crippen LogP contribution >= 0.6 is 0 Å². The van der Waals surface area contributed by atoms with Gasteiger partial charge in [-0.05, 0) is 54.4 Å². The molecule has 0 saturated heterocycles. The van der Waals surface area contributed by atoms with Crippen molar-refractivity contribution < 1.29 is 24.2 Å². The lowest BCUT2D eigenvalue weighted by Crippen LogP contribution is -2.15. The van der Waals surface area contributed by atoms with Gasteiger partial charge in [0.1, 0.15) is 5.75 Å². The molecule has 0 heterocycles. The number of amides is 2. The van der Waals surface area contributed by atoms with Gasteiger partial charge in [0, 0.05) is 23.4 Å². The van der Waals surface area contributed by atoms with Crippen LogP contribution in [0, 0.1) is 5.92 Å². The number of carbonyl (C=O) groups is 3. The standard InChI is InChI=1S/C20H22N2O5/c1-13(2)11-18(23)21-15-5-3-14(4-6-15)20(26)22-16-7-9-17(10-8-16)27-12-19(24)25/h3-10,13H,11-12H2,1-2H3,(H,21,23)(H,22,26)(H,24,25). The molecule has 2 aromatic carbocycles. The summed E-state index contributed by atoms with van der Waals surface area (Å²) in [5, 5.41) is 14.1. The van der Waals surface area contributed by atoms with Crippen LogP contribution in [0.1, 0.15) is 30.6 Å². The van der Waals surface area contributed by atoms with Gasteiger partial charge in [0.2, 0.25) is 5.91 Å². The van der Waals surface area contributed by atoms with Crippen molar-refractivity contribution in [2.24, 2.45) is 5.92 Å². The average Bonchev–Trinajstić information content (AvgIpc) is 2.61. The Kier molecular flexibility index (Phi) is 6.93. The molecule has 2 aromatic rings. The number of hydrogen-bond donors (Lipinski definition) is 3. The van der Waals surface area contributed by atoms with Crippen LogP contribution in [-0.2, 0) is 9.59 Å². The Hall–Kier alpha value is -3.35. The van der Waals surface area contributed by atoms with E-state index in [0.717, 1.165) is 0 Å². The molecule has 2 rings (SSSR count). The molecule has 3 N–H and O–H groups in total. The lowest BCUT2D eigenvalue weighted by atomic mass is 10.1. The second-order valence-electron chi connectivity index (χ2n) is 6.38. The molecule has 0 aliphatic rings. The predicted octanol–water partition coefficient (Wildman–Crippen LogP) is 3.39. The minimum absolute atomic E-state index is 0.0626. The number of nitrogens with one attached hydrogen (secondary N) is 2. The topological polar surface area (TPSA) is 105 Å². The van der Waals surface area contributed by atoms with Crippen molar-refractivity contribution in [3.8, 4) is 5.75 Å². The summed E-state index contributed by atoms with van der Waals surface area (Å²) in [5.41, 5.74) is 1.64. The van der Waals surface area contributed by atoms with Crippen LogP contribution in [0.3, 0.4) is 0 Å². The molecular formula is C20H22N2O5. The van der Waals surface area contributed by atoms with Crippen LogP contribution in [0.15, 0.2) is 48.5 Å². The summed E-state index contributed by atoms with van der Waals surface area (Å²) < 4.78 is 5.03. The molecule has 0 bridgehead atoms. The molecule has 7 heteroatoms. The highest BCUT2D eigenvalue weighted by Gasteiger charge is 2.09. The molecule has 0 radical (unpaired) electrons. The van der Waals surface area contributed by atoms with Gasteiger partial charge in [-0.3, -0.25) is 9.59 Å². The predicted molar refractivity (Wildman–Crippen MR) is 102 cm³/mol. The van der Waals surface area contributed by atoms with E-state index in [2.05, 4.69) is 10.6 Å². The maximum atomic E-state index is 12.3. The van der Waals surface area contributed by atoms with Crippen LogP contribution < -0.4 is 15.4 Å². The lowest BCUT2D eigenvalue weighted by molar-refractivity contribution is -0.139. The molecule has 0 fully saturated rings. The monoisotopic (exact) mass is 370 g/mol. The molecule has 0 unspecified atom stereocenters. The molecule has 0 saturated carbocycles. The van der Waals surface area contributed by atoms with E-state index in [1.807, 2.05) is 13.8 Å². The summed E-state index contributed by atoms with van der Waals surface area (Å²) in [5.74, 6) is -0.745. The Morgan fingerprint density at radius 2 is 1.48 bits per heavy atom. The third kappa shape index (κ3) is 6.81. The first-order valence-corrected chi connectivity index (χ1v) is 8.49. The van der Waals surface area contributed by atoms with E-state index in [0.29, 0.717) is 29.1 Å². The van der Waals surface area contributed by atoms with E-state index in [-0.39, 0.29) is 17.7 Å². The Labute approximate surface area is 157 Å². The minimum Gasteiger partial charge on any atom is -0.482 e. The van der Waals surface area contributed by atoms with Crippen molar-refractivity contribution in [1.82, 2.24) is 0 Å². The van der Waals surface area contributed by atoms with Crippen molar-refractivity contribution in [2.45, 2.75) is 20.3 Å². The molecule has 0 spiro atoms. The highest BCUT2D eigenvalue weighted by Crippen LogP contribution is 2.17. The fraction of sp³-hybridized carbons (Fsp3) is 0.250. The Morgan fingerprint density at radius 3 is 2.04 bits per heavy atom. The first-order valence-electron chi connectivity index (χ1n) is 8.49. The maximum absolute atomic E-state index is 12.3. The molecule has 0 aliphatic heterocycles.